The molecule has 4 aromatic rings. The summed E-state index contributed by atoms with van der Waals surface area (Å²) < 4.78 is 1.61. The van der Waals surface area contributed by atoms with Crippen molar-refractivity contribution in [1.82, 2.24) is 0 Å². The lowest BCUT2D eigenvalue weighted by Gasteiger charge is -2.13. The number of hydrogen-bond acceptors (Lipinski definition) is 3. The summed E-state index contributed by atoms with van der Waals surface area (Å²) >= 11 is 8.30. The van der Waals surface area contributed by atoms with Gasteiger partial charge in [-0.05, 0) is 80.4 Å². The highest BCUT2D eigenvalue weighted by Gasteiger charge is 2.17. The first-order valence-electron chi connectivity index (χ1n) is 10.0. The predicted molar refractivity (Wildman–Crippen MR) is 141 cm³/mol. The molecule has 0 aromatic heterocycles. The van der Waals surface area contributed by atoms with Crippen molar-refractivity contribution >= 4 is 66.8 Å². The molecule has 0 saturated carbocycles. The molecule has 0 aliphatic rings. The first kappa shape index (κ1) is 23.3. The standard InChI is InChI=1S/C26H18Br2N2O2S/c27-19-11-3-5-13-21(19)29-25(31)17-9-1-7-15-23(17)33-24-16-8-2-10-18(24)26(32)30-22-14-6-4-12-20(22)28/h1-16H,(H,29,31)(H,30,32). The second kappa shape index (κ2) is 10.8. The Kier molecular flexibility index (Phi) is 7.65. The topological polar surface area (TPSA) is 58.2 Å². The second-order valence-electron chi connectivity index (χ2n) is 6.96. The van der Waals surface area contributed by atoms with Gasteiger partial charge in [-0.2, -0.15) is 0 Å². The van der Waals surface area contributed by atoms with Crippen LogP contribution in [0.1, 0.15) is 20.7 Å². The van der Waals surface area contributed by atoms with E-state index in [0.717, 1.165) is 18.7 Å². The number of carbonyl (C=O) groups is 2. The highest BCUT2D eigenvalue weighted by atomic mass is 79.9. The number of nitrogens with one attached hydrogen (secondary N) is 2. The molecule has 2 N–H and O–H groups in total. The average molecular weight is 582 g/mol. The van der Waals surface area contributed by atoms with Crippen LogP contribution >= 0.6 is 43.6 Å². The molecule has 0 spiro atoms. The van der Waals surface area contributed by atoms with Gasteiger partial charge in [-0.25, -0.2) is 0 Å². The third-order valence-corrected chi connectivity index (χ3v) is 7.26. The van der Waals surface area contributed by atoms with Crippen molar-refractivity contribution < 1.29 is 9.59 Å². The van der Waals surface area contributed by atoms with E-state index in [4.69, 9.17) is 0 Å². The fourth-order valence-electron chi connectivity index (χ4n) is 3.11. The fourth-order valence-corrected chi connectivity index (χ4v) is 4.95. The zero-order chi connectivity index (χ0) is 23.2. The lowest BCUT2D eigenvalue weighted by molar-refractivity contribution is 0.101. The third-order valence-electron chi connectivity index (χ3n) is 4.73. The first-order valence-corrected chi connectivity index (χ1v) is 12.4. The van der Waals surface area contributed by atoms with Crippen LogP contribution in [0.15, 0.2) is 116 Å². The Labute approximate surface area is 213 Å². The van der Waals surface area contributed by atoms with Crippen LogP contribution in [0.4, 0.5) is 11.4 Å². The molecule has 0 atom stereocenters. The molecule has 0 aliphatic heterocycles. The van der Waals surface area contributed by atoms with Crippen LogP contribution in [0.2, 0.25) is 0 Å². The van der Waals surface area contributed by atoms with E-state index in [1.165, 1.54) is 11.8 Å². The van der Waals surface area contributed by atoms with Crippen LogP contribution in [0.25, 0.3) is 0 Å². The Balaban J connectivity index is 1.59. The summed E-state index contributed by atoms with van der Waals surface area (Å²) in [6.45, 7) is 0. The van der Waals surface area contributed by atoms with E-state index in [-0.39, 0.29) is 11.8 Å². The van der Waals surface area contributed by atoms with Crippen molar-refractivity contribution in [3.8, 4) is 0 Å². The fraction of sp³-hybridized carbons (Fsp3) is 0. The van der Waals surface area contributed by atoms with Crippen LogP contribution in [0.5, 0.6) is 0 Å². The van der Waals surface area contributed by atoms with Crippen molar-refractivity contribution in [1.29, 1.82) is 0 Å². The monoisotopic (exact) mass is 580 g/mol. The third kappa shape index (κ3) is 5.74. The number of rotatable bonds is 6. The molecule has 0 saturated heterocycles. The van der Waals surface area contributed by atoms with Gasteiger partial charge in [-0.15, -0.1) is 0 Å². The molecule has 0 bridgehead atoms. The minimum atomic E-state index is -0.222. The van der Waals surface area contributed by atoms with E-state index < -0.39 is 0 Å². The summed E-state index contributed by atoms with van der Waals surface area (Å²) in [6.07, 6.45) is 0. The molecule has 0 unspecified atom stereocenters. The average Bonchev–Trinajstić information content (AvgIpc) is 2.82. The summed E-state index contributed by atoms with van der Waals surface area (Å²) in [5.74, 6) is -0.444. The van der Waals surface area contributed by atoms with Gasteiger partial charge in [0.05, 0.1) is 22.5 Å². The Morgan fingerprint density at radius 2 is 0.909 bits per heavy atom. The van der Waals surface area contributed by atoms with E-state index in [0.29, 0.717) is 22.5 Å². The van der Waals surface area contributed by atoms with Gasteiger partial charge in [0.15, 0.2) is 0 Å². The van der Waals surface area contributed by atoms with Gasteiger partial charge in [-0.1, -0.05) is 60.3 Å². The second-order valence-corrected chi connectivity index (χ2v) is 9.75. The molecule has 0 heterocycles. The van der Waals surface area contributed by atoms with E-state index in [1.807, 2.05) is 84.9 Å². The quantitative estimate of drug-likeness (QED) is 0.243. The van der Waals surface area contributed by atoms with Gasteiger partial charge >= 0.3 is 0 Å². The van der Waals surface area contributed by atoms with Gasteiger partial charge in [0, 0.05) is 18.7 Å². The molecular weight excluding hydrogens is 564 g/mol. The Hall–Kier alpha value is -2.87. The van der Waals surface area contributed by atoms with Gasteiger partial charge < -0.3 is 10.6 Å². The maximum atomic E-state index is 13.0. The molecule has 7 heteroatoms. The van der Waals surface area contributed by atoms with Crippen LogP contribution in [0, 0.1) is 0 Å². The zero-order valence-corrected chi connectivity index (χ0v) is 21.2. The number of halogens is 2. The minimum absolute atomic E-state index is 0.222. The van der Waals surface area contributed by atoms with E-state index in [2.05, 4.69) is 42.5 Å². The summed E-state index contributed by atoms with van der Waals surface area (Å²) in [7, 11) is 0. The Bertz CT molecular complexity index is 1230. The number of benzene rings is 4. The van der Waals surface area contributed by atoms with Crippen molar-refractivity contribution in [2.75, 3.05) is 10.6 Å². The van der Waals surface area contributed by atoms with Crippen molar-refractivity contribution in [3.63, 3.8) is 0 Å². The molecule has 4 rings (SSSR count). The summed E-state index contributed by atoms with van der Waals surface area (Å²) in [5.41, 5.74) is 2.43. The normalized spacial score (nSPS) is 10.5. The predicted octanol–water partition coefficient (Wildman–Crippen LogP) is 7.87. The summed E-state index contributed by atoms with van der Waals surface area (Å²) in [4.78, 5) is 27.6. The van der Waals surface area contributed by atoms with Crippen molar-refractivity contribution in [2.45, 2.75) is 9.79 Å². The zero-order valence-electron chi connectivity index (χ0n) is 17.2. The highest BCUT2D eigenvalue weighted by molar-refractivity contribution is 9.11. The van der Waals surface area contributed by atoms with Crippen LogP contribution in [0.3, 0.4) is 0 Å². The number of para-hydroxylation sites is 2. The molecule has 0 aliphatic carbocycles. The smallest absolute Gasteiger partial charge is 0.256 e. The molecule has 33 heavy (non-hydrogen) atoms. The SMILES string of the molecule is O=C(Nc1ccccc1Br)c1ccccc1Sc1ccccc1C(=O)Nc1ccccc1Br. The van der Waals surface area contributed by atoms with Crippen LogP contribution in [-0.4, -0.2) is 11.8 Å². The number of amides is 2. The highest BCUT2D eigenvalue weighted by Crippen LogP contribution is 2.34. The van der Waals surface area contributed by atoms with Crippen molar-refractivity contribution in [2.24, 2.45) is 0 Å². The lowest BCUT2D eigenvalue weighted by Crippen LogP contribution is -2.14. The number of carbonyl (C=O) groups excluding carboxylic acids is 2. The van der Waals surface area contributed by atoms with Crippen LogP contribution in [-0.2, 0) is 0 Å². The molecule has 164 valence electrons. The van der Waals surface area contributed by atoms with E-state index >= 15 is 0 Å². The molecule has 2 amide bonds. The number of hydrogen-bond donors (Lipinski definition) is 2. The molecule has 0 fully saturated rings. The Morgan fingerprint density at radius 3 is 1.33 bits per heavy atom. The maximum absolute atomic E-state index is 13.0. The summed E-state index contributed by atoms with van der Waals surface area (Å²) in [5, 5.41) is 5.89. The van der Waals surface area contributed by atoms with E-state index in [1.54, 1.807) is 12.1 Å². The molecular formula is C26H18Br2N2O2S. The largest absolute Gasteiger partial charge is 0.321 e. The van der Waals surface area contributed by atoms with Crippen molar-refractivity contribution in [3.05, 3.63) is 117 Å². The molecule has 0 radical (unpaired) electrons. The lowest BCUT2D eigenvalue weighted by atomic mass is 10.2. The van der Waals surface area contributed by atoms with Crippen LogP contribution < -0.4 is 10.6 Å². The molecule has 4 aromatic carbocycles. The number of anilines is 2. The molecule has 4 nitrogen and oxygen atoms in total. The van der Waals surface area contributed by atoms with Gasteiger partial charge in [0.25, 0.3) is 11.8 Å². The van der Waals surface area contributed by atoms with Gasteiger partial charge in [-0.3, -0.25) is 9.59 Å². The summed E-state index contributed by atoms with van der Waals surface area (Å²) in [6, 6.07) is 29.6. The maximum Gasteiger partial charge on any atom is 0.256 e. The van der Waals surface area contributed by atoms with Gasteiger partial charge in [0.2, 0.25) is 0 Å². The van der Waals surface area contributed by atoms with E-state index in [9.17, 15) is 9.59 Å². The minimum Gasteiger partial charge on any atom is -0.321 e. The first-order chi connectivity index (χ1) is 16.0. The van der Waals surface area contributed by atoms with Gasteiger partial charge in [0.1, 0.15) is 0 Å². The Morgan fingerprint density at radius 1 is 0.545 bits per heavy atom.